The van der Waals surface area contributed by atoms with Gasteiger partial charge in [0.1, 0.15) is 0 Å². The van der Waals surface area contributed by atoms with Crippen LogP contribution < -0.4 is 0 Å². The van der Waals surface area contributed by atoms with E-state index in [1.165, 1.54) is 0 Å². The van der Waals surface area contributed by atoms with Crippen LogP contribution in [0.25, 0.3) is 0 Å². The normalized spacial score (nSPS) is 33.2. The smallest absolute Gasteiger partial charge is 0.0950 e. The molecule has 0 amide bonds. The molecule has 1 aliphatic rings. The fourth-order valence-electron chi connectivity index (χ4n) is 1.69. The van der Waals surface area contributed by atoms with Crippen molar-refractivity contribution in [1.29, 1.82) is 5.26 Å². The zero-order chi connectivity index (χ0) is 9.14. The minimum absolute atomic E-state index is 0.0591. The third-order valence-electron chi connectivity index (χ3n) is 2.69. The number of aliphatic hydroxyl groups is 1. The molecule has 0 aromatic rings. The quantitative estimate of drug-likeness (QED) is 0.657. The van der Waals surface area contributed by atoms with E-state index < -0.39 is 0 Å². The van der Waals surface area contributed by atoms with Crippen molar-refractivity contribution in [2.45, 2.75) is 32.4 Å². The molecular formula is C9H16N2O. The summed E-state index contributed by atoms with van der Waals surface area (Å²) in [4.78, 5) is 2.04. The Bertz CT molecular complexity index is 187. The summed E-state index contributed by atoms with van der Waals surface area (Å²) in [5.74, 6) is 0.362. The molecule has 0 spiro atoms. The first-order valence-corrected chi connectivity index (χ1v) is 4.50. The van der Waals surface area contributed by atoms with Gasteiger partial charge in [0.05, 0.1) is 18.2 Å². The van der Waals surface area contributed by atoms with Crippen LogP contribution in [0.5, 0.6) is 0 Å². The molecule has 1 aliphatic heterocycles. The van der Waals surface area contributed by atoms with Crippen molar-refractivity contribution in [2.75, 3.05) is 13.1 Å². The van der Waals surface area contributed by atoms with E-state index in [0.717, 1.165) is 13.0 Å². The van der Waals surface area contributed by atoms with Gasteiger partial charge in [-0.2, -0.15) is 5.26 Å². The van der Waals surface area contributed by atoms with Crippen LogP contribution in [0.3, 0.4) is 0 Å². The first kappa shape index (κ1) is 9.50. The van der Waals surface area contributed by atoms with Crippen LogP contribution in [0.1, 0.15) is 20.3 Å². The van der Waals surface area contributed by atoms with Crippen molar-refractivity contribution in [3.63, 3.8) is 0 Å². The summed E-state index contributed by atoms with van der Waals surface area (Å²) in [5.41, 5.74) is 0. The molecule has 0 aromatic carbocycles. The van der Waals surface area contributed by atoms with Crippen molar-refractivity contribution >= 4 is 0 Å². The Kier molecular flexibility index (Phi) is 3.07. The van der Waals surface area contributed by atoms with Crippen LogP contribution >= 0.6 is 0 Å². The zero-order valence-electron chi connectivity index (χ0n) is 7.70. The molecule has 0 aliphatic carbocycles. The maximum absolute atomic E-state index is 9.55. The lowest BCUT2D eigenvalue weighted by atomic mass is 10.0. The molecule has 3 nitrogen and oxygen atoms in total. The highest BCUT2D eigenvalue weighted by Crippen LogP contribution is 2.21. The minimum atomic E-state index is -0.231. The second-order valence-electron chi connectivity index (χ2n) is 3.49. The van der Waals surface area contributed by atoms with E-state index in [9.17, 15) is 5.11 Å². The Hall–Kier alpha value is -0.590. The topological polar surface area (TPSA) is 47.3 Å². The van der Waals surface area contributed by atoms with E-state index in [0.29, 0.717) is 12.5 Å². The number of rotatable bonds is 2. The zero-order valence-corrected chi connectivity index (χ0v) is 7.70. The van der Waals surface area contributed by atoms with E-state index in [1.807, 2.05) is 11.8 Å². The predicted octanol–water partition coefficient (Wildman–Crippen LogP) is 0.601. The van der Waals surface area contributed by atoms with Gasteiger partial charge in [-0.25, -0.2) is 0 Å². The molecule has 1 rings (SSSR count). The summed E-state index contributed by atoms with van der Waals surface area (Å²) in [5, 5.41) is 18.2. The van der Waals surface area contributed by atoms with Gasteiger partial charge in [-0.3, -0.25) is 4.90 Å². The SMILES string of the molecule is CCC1CN(C(C)C#N)CC1O. The van der Waals surface area contributed by atoms with Crippen molar-refractivity contribution < 1.29 is 5.11 Å². The summed E-state index contributed by atoms with van der Waals surface area (Å²) in [6.07, 6.45) is 0.765. The first-order valence-electron chi connectivity index (χ1n) is 4.50. The summed E-state index contributed by atoms with van der Waals surface area (Å²) >= 11 is 0. The van der Waals surface area contributed by atoms with Crippen LogP contribution in [0.15, 0.2) is 0 Å². The molecular weight excluding hydrogens is 152 g/mol. The molecule has 12 heavy (non-hydrogen) atoms. The number of nitrogens with zero attached hydrogens (tertiary/aromatic N) is 2. The minimum Gasteiger partial charge on any atom is -0.391 e. The van der Waals surface area contributed by atoms with Crippen molar-refractivity contribution in [3.05, 3.63) is 0 Å². The molecule has 0 saturated carbocycles. The second-order valence-corrected chi connectivity index (χ2v) is 3.49. The summed E-state index contributed by atoms with van der Waals surface area (Å²) in [7, 11) is 0. The van der Waals surface area contributed by atoms with Gasteiger partial charge in [0, 0.05) is 13.1 Å². The van der Waals surface area contributed by atoms with Crippen LogP contribution in [0.2, 0.25) is 0 Å². The van der Waals surface area contributed by atoms with Gasteiger partial charge in [-0.05, 0) is 19.3 Å². The average Bonchev–Trinajstić information content (AvgIpc) is 2.45. The summed E-state index contributed by atoms with van der Waals surface area (Å²) in [6.45, 7) is 5.48. The largest absolute Gasteiger partial charge is 0.391 e. The highest BCUT2D eigenvalue weighted by molar-refractivity contribution is 4.94. The Morgan fingerprint density at radius 1 is 1.67 bits per heavy atom. The highest BCUT2D eigenvalue weighted by atomic mass is 16.3. The van der Waals surface area contributed by atoms with Crippen LogP contribution in [0, 0.1) is 17.2 Å². The third-order valence-corrected chi connectivity index (χ3v) is 2.69. The van der Waals surface area contributed by atoms with Gasteiger partial charge >= 0.3 is 0 Å². The Morgan fingerprint density at radius 2 is 2.33 bits per heavy atom. The molecule has 0 bridgehead atoms. The molecule has 1 heterocycles. The Balaban J connectivity index is 2.49. The van der Waals surface area contributed by atoms with E-state index in [2.05, 4.69) is 13.0 Å². The molecule has 1 fully saturated rings. The standard InChI is InChI=1S/C9H16N2O/c1-3-8-5-11(6-9(8)12)7(2)4-10/h7-9,12H,3,5-6H2,1-2H3. The first-order chi connectivity index (χ1) is 5.69. The second kappa shape index (κ2) is 3.88. The van der Waals surface area contributed by atoms with E-state index in [4.69, 9.17) is 5.26 Å². The molecule has 1 N–H and O–H groups in total. The number of aliphatic hydroxyl groups excluding tert-OH is 1. The van der Waals surface area contributed by atoms with E-state index >= 15 is 0 Å². The monoisotopic (exact) mass is 168 g/mol. The Morgan fingerprint density at radius 3 is 2.75 bits per heavy atom. The fourth-order valence-corrected chi connectivity index (χ4v) is 1.69. The van der Waals surface area contributed by atoms with Gasteiger partial charge in [-0.1, -0.05) is 6.92 Å². The molecule has 3 atom stereocenters. The number of hydrogen-bond acceptors (Lipinski definition) is 3. The summed E-state index contributed by atoms with van der Waals surface area (Å²) in [6, 6.07) is 2.13. The van der Waals surface area contributed by atoms with Gasteiger partial charge in [0.2, 0.25) is 0 Å². The molecule has 68 valence electrons. The number of β-amino-alcohol motifs (C(OH)–C–C–N with tert-alkyl or cyclic N) is 1. The fraction of sp³-hybridized carbons (Fsp3) is 0.889. The summed E-state index contributed by atoms with van der Waals surface area (Å²) < 4.78 is 0. The average molecular weight is 168 g/mol. The number of nitriles is 1. The van der Waals surface area contributed by atoms with Gasteiger partial charge in [0.25, 0.3) is 0 Å². The van der Waals surface area contributed by atoms with E-state index in [-0.39, 0.29) is 12.1 Å². The van der Waals surface area contributed by atoms with Crippen LogP contribution in [0.4, 0.5) is 0 Å². The lowest BCUT2D eigenvalue weighted by Gasteiger charge is -2.16. The van der Waals surface area contributed by atoms with Crippen molar-refractivity contribution in [1.82, 2.24) is 4.90 Å². The lowest BCUT2D eigenvalue weighted by Crippen LogP contribution is -2.30. The molecule has 0 radical (unpaired) electrons. The van der Waals surface area contributed by atoms with Crippen LogP contribution in [-0.2, 0) is 0 Å². The lowest BCUT2D eigenvalue weighted by molar-refractivity contribution is 0.138. The van der Waals surface area contributed by atoms with Gasteiger partial charge in [0.15, 0.2) is 0 Å². The molecule has 3 heteroatoms. The highest BCUT2D eigenvalue weighted by Gasteiger charge is 2.32. The maximum atomic E-state index is 9.55. The van der Waals surface area contributed by atoms with Crippen molar-refractivity contribution in [3.8, 4) is 6.07 Å². The molecule has 1 saturated heterocycles. The van der Waals surface area contributed by atoms with E-state index in [1.54, 1.807) is 0 Å². The molecule has 0 aromatic heterocycles. The number of hydrogen-bond donors (Lipinski definition) is 1. The number of likely N-dealkylation sites (tertiary alicyclic amines) is 1. The van der Waals surface area contributed by atoms with Crippen molar-refractivity contribution in [2.24, 2.45) is 5.92 Å². The molecule has 3 unspecified atom stereocenters. The van der Waals surface area contributed by atoms with Crippen LogP contribution in [-0.4, -0.2) is 35.2 Å². The maximum Gasteiger partial charge on any atom is 0.0950 e. The van der Waals surface area contributed by atoms with Gasteiger partial charge in [-0.15, -0.1) is 0 Å². The predicted molar refractivity (Wildman–Crippen MR) is 46.4 cm³/mol. The Labute approximate surface area is 73.6 Å². The van der Waals surface area contributed by atoms with Gasteiger partial charge < -0.3 is 5.11 Å². The third kappa shape index (κ3) is 1.77.